The minimum absolute atomic E-state index is 0.350. The summed E-state index contributed by atoms with van der Waals surface area (Å²) in [5.74, 6) is 3.45. The first kappa shape index (κ1) is 32.7. The van der Waals surface area contributed by atoms with Crippen LogP contribution in [0.1, 0.15) is 25.2 Å². The number of rotatable bonds is 5. The van der Waals surface area contributed by atoms with E-state index in [1.54, 1.807) is 0 Å². The third-order valence-corrected chi connectivity index (χ3v) is 11.7. The Balaban J connectivity index is 1.07. The van der Waals surface area contributed by atoms with E-state index in [1.165, 1.54) is 11.1 Å². The Hall–Kier alpha value is -7.57. The van der Waals surface area contributed by atoms with Crippen molar-refractivity contribution in [2.45, 2.75) is 19.3 Å². The van der Waals surface area contributed by atoms with Gasteiger partial charge in [0.2, 0.25) is 0 Å². The first-order valence-corrected chi connectivity index (χ1v) is 19.5. The lowest BCUT2D eigenvalue weighted by atomic mass is 9.86. The smallest absolute Gasteiger partial charge is 0.164 e. The number of benzene rings is 7. The molecule has 0 fully saturated rings. The van der Waals surface area contributed by atoms with Gasteiger partial charge in [-0.2, -0.15) is 0 Å². The molecule has 4 heterocycles. The van der Waals surface area contributed by atoms with Crippen LogP contribution in [0.2, 0.25) is 0 Å². The molecule has 0 N–H and O–H groups in total. The van der Waals surface area contributed by atoms with Crippen molar-refractivity contribution < 1.29 is 13.3 Å². The Morgan fingerprint density at radius 1 is 0.397 bits per heavy atom. The molecule has 0 aliphatic heterocycles. The highest BCUT2D eigenvalue weighted by Gasteiger charge is 2.42. The average molecular weight is 748 g/mol. The van der Waals surface area contributed by atoms with Crippen LogP contribution in [0.3, 0.4) is 0 Å². The van der Waals surface area contributed by atoms with E-state index in [-0.39, 0.29) is 5.41 Å². The summed E-state index contributed by atoms with van der Waals surface area (Å²) in [6.07, 6.45) is 0. The van der Waals surface area contributed by atoms with E-state index in [1.807, 2.05) is 72.8 Å². The topological polar surface area (TPSA) is 78.1 Å². The molecule has 4 aromatic heterocycles. The number of fused-ring (bicyclic) bond motifs is 9. The molecular weight excluding hydrogens is 715 g/mol. The molecule has 1 aliphatic carbocycles. The summed E-state index contributed by atoms with van der Waals surface area (Å²) in [5.41, 5.74) is 12.2. The molecule has 58 heavy (non-hydrogen) atoms. The summed E-state index contributed by atoms with van der Waals surface area (Å²) in [6.45, 7) is 4.50. The van der Waals surface area contributed by atoms with Crippen molar-refractivity contribution in [1.29, 1.82) is 0 Å². The molecule has 0 bridgehead atoms. The summed E-state index contributed by atoms with van der Waals surface area (Å²) in [7, 11) is 0. The Labute approximate surface area is 333 Å². The summed E-state index contributed by atoms with van der Waals surface area (Å²) in [4.78, 5) is 15.3. The molecule has 12 rings (SSSR count). The highest BCUT2D eigenvalue weighted by molar-refractivity contribution is 6.16. The molecule has 274 valence electrons. The molecule has 0 saturated heterocycles. The van der Waals surface area contributed by atoms with Crippen LogP contribution in [0, 0.1) is 0 Å². The molecule has 11 aromatic rings. The number of hydrogen-bond acceptors (Lipinski definition) is 6. The van der Waals surface area contributed by atoms with E-state index in [2.05, 4.69) is 105 Å². The molecule has 1 aliphatic rings. The van der Waals surface area contributed by atoms with Gasteiger partial charge in [0.25, 0.3) is 0 Å². The van der Waals surface area contributed by atoms with Crippen molar-refractivity contribution in [2.24, 2.45) is 0 Å². The molecule has 0 radical (unpaired) electrons. The van der Waals surface area contributed by atoms with Gasteiger partial charge in [0, 0.05) is 60.3 Å². The maximum absolute atomic E-state index is 7.18. The van der Waals surface area contributed by atoms with Gasteiger partial charge in [0.1, 0.15) is 33.9 Å². The van der Waals surface area contributed by atoms with Crippen LogP contribution in [-0.4, -0.2) is 15.0 Å². The van der Waals surface area contributed by atoms with Crippen LogP contribution in [0.4, 0.5) is 0 Å². The summed E-state index contributed by atoms with van der Waals surface area (Å²) < 4.78 is 19.9. The zero-order valence-electron chi connectivity index (χ0n) is 31.7. The molecule has 0 atom stereocenters. The van der Waals surface area contributed by atoms with Gasteiger partial charge in [-0.15, -0.1) is 0 Å². The van der Waals surface area contributed by atoms with Crippen LogP contribution in [0.5, 0.6) is 0 Å². The van der Waals surface area contributed by atoms with Crippen LogP contribution in [0.15, 0.2) is 177 Å². The summed E-state index contributed by atoms with van der Waals surface area (Å²) >= 11 is 0. The van der Waals surface area contributed by atoms with Gasteiger partial charge in [-0.1, -0.05) is 127 Å². The number of furan rings is 3. The monoisotopic (exact) mass is 747 g/mol. The molecule has 0 unspecified atom stereocenters. The Morgan fingerprint density at radius 2 is 0.966 bits per heavy atom. The van der Waals surface area contributed by atoms with E-state index in [0.29, 0.717) is 17.5 Å². The number of aromatic nitrogens is 3. The second kappa shape index (κ2) is 12.2. The first-order valence-electron chi connectivity index (χ1n) is 19.5. The molecule has 0 spiro atoms. The van der Waals surface area contributed by atoms with Gasteiger partial charge in [0.05, 0.1) is 0 Å². The standard InChI is InChI=1S/C52H33N3O3/c1-52(2)39-22-9-6-19-36(39)46-45(38-21-13-25-42-44(38)37-20-8-11-24-41(37)56-42)47(58-48(46)52)31-16-12-17-32(28-31)50-53-49(30-14-4-3-5-15-30)54-51(55-50)33-26-27-35-34-18-7-10-23-40(34)57-43(35)29-33/h3-29H,1-2H3. The van der Waals surface area contributed by atoms with Crippen molar-refractivity contribution >= 4 is 43.9 Å². The second-order valence-corrected chi connectivity index (χ2v) is 15.5. The fourth-order valence-electron chi connectivity index (χ4n) is 8.95. The van der Waals surface area contributed by atoms with Crippen molar-refractivity contribution in [1.82, 2.24) is 15.0 Å². The summed E-state index contributed by atoms with van der Waals surface area (Å²) in [5, 5.41) is 4.27. The first-order chi connectivity index (χ1) is 28.5. The van der Waals surface area contributed by atoms with Gasteiger partial charge in [0.15, 0.2) is 17.5 Å². The lowest BCUT2D eigenvalue weighted by Gasteiger charge is -2.19. The van der Waals surface area contributed by atoms with E-state index in [4.69, 9.17) is 28.2 Å². The molecule has 6 nitrogen and oxygen atoms in total. The minimum Gasteiger partial charge on any atom is -0.459 e. The quantitative estimate of drug-likeness (QED) is 0.174. The van der Waals surface area contributed by atoms with Gasteiger partial charge < -0.3 is 13.3 Å². The van der Waals surface area contributed by atoms with E-state index in [0.717, 1.165) is 94.3 Å². The zero-order chi connectivity index (χ0) is 38.5. The predicted octanol–water partition coefficient (Wildman–Crippen LogP) is 13.9. The van der Waals surface area contributed by atoms with E-state index in [9.17, 15) is 0 Å². The molecular formula is C52H33N3O3. The van der Waals surface area contributed by atoms with Crippen LogP contribution in [0.25, 0.3) is 112 Å². The number of hydrogen-bond donors (Lipinski definition) is 0. The van der Waals surface area contributed by atoms with Crippen LogP contribution < -0.4 is 0 Å². The van der Waals surface area contributed by atoms with Gasteiger partial charge in [-0.3, -0.25) is 0 Å². The van der Waals surface area contributed by atoms with Crippen LogP contribution in [-0.2, 0) is 5.41 Å². The molecule has 0 amide bonds. The highest BCUT2D eigenvalue weighted by Crippen LogP contribution is 2.57. The fourth-order valence-corrected chi connectivity index (χ4v) is 8.95. The minimum atomic E-state index is -0.350. The number of para-hydroxylation sites is 2. The number of nitrogens with zero attached hydrogens (tertiary/aromatic N) is 3. The van der Waals surface area contributed by atoms with Crippen molar-refractivity contribution in [3.05, 3.63) is 175 Å². The largest absolute Gasteiger partial charge is 0.459 e. The normalized spacial score (nSPS) is 13.1. The Bertz CT molecular complexity index is 3440. The van der Waals surface area contributed by atoms with Gasteiger partial charge >= 0.3 is 0 Å². The lowest BCUT2D eigenvalue weighted by molar-refractivity contribution is 0.448. The zero-order valence-corrected chi connectivity index (χ0v) is 31.7. The molecule has 0 saturated carbocycles. The Morgan fingerprint density at radius 3 is 1.79 bits per heavy atom. The van der Waals surface area contributed by atoms with Crippen molar-refractivity contribution in [3.63, 3.8) is 0 Å². The highest BCUT2D eigenvalue weighted by atomic mass is 16.3. The van der Waals surface area contributed by atoms with Gasteiger partial charge in [-0.05, 0) is 66.9 Å². The Kier molecular flexibility index (Phi) is 6.88. The third kappa shape index (κ3) is 4.81. The third-order valence-electron chi connectivity index (χ3n) is 11.7. The van der Waals surface area contributed by atoms with E-state index < -0.39 is 0 Å². The maximum Gasteiger partial charge on any atom is 0.164 e. The average Bonchev–Trinajstić information content (AvgIpc) is 4.02. The lowest BCUT2D eigenvalue weighted by Crippen LogP contribution is -2.14. The van der Waals surface area contributed by atoms with Gasteiger partial charge in [-0.25, -0.2) is 15.0 Å². The van der Waals surface area contributed by atoms with Crippen LogP contribution >= 0.6 is 0 Å². The second-order valence-electron chi connectivity index (χ2n) is 15.5. The molecule has 6 heteroatoms. The fraction of sp³-hybridized carbons (Fsp3) is 0.0577. The summed E-state index contributed by atoms with van der Waals surface area (Å²) in [6, 6.07) is 55.9. The maximum atomic E-state index is 7.18. The molecule has 7 aromatic carbocycles. The van der Waals surface area contributed by atoms with E-state index >= 15 is 0 Å². The van der Waals surface area contributed by atoms with Crippen molar-refractivity contribution in [3.8, 4) is 67.7 Å². The van der Waals surface area contributed by atoms with Crippen molar-refractivity contribution in [2.75, 3.05) is 0 Å². The SMILES string of the molecule is CC1(C)c2ccccc2-c2c1oc(-c1cccc(-c3nc(-c4ccccc4)nc(-c4ccc5c(c4)oc4ccccc45)n3)c1)c2-c1cccc2oc3ccccc3c12. The predicted molar refractivity (Wildman–Crippen MR) is 231 cm³/mol.